The van der Waals surface area contributed by atoms with Crippen molar-refractivity contribution in [1.29, 1.82) is 0 Å². The lowest BCUT2D eigenvalue weighted by atomic mass is 9.99. The lowest BCUT2D eigenvalue weighted by molar-refractivity contribution is 0.214. The van der Waals surface area contributed by atoms with Crippen molar-refractivity contribution >= 4 is 35.8 Å². The van der Waals surface area contributed by atoms with Crippen molar-refractivity contribution < 1.29 is 0 Å². The summed E-state index contributed by atoms with van der Waals surface area (Å²) in [7, 11) is 2.22. The molecule has 0 aromatic carbocycles. The van der Waals surface area contributed by atoms with E-state index in [0.29, 0.717) is 12.0 Å². The Kier molecular flexibility index (Phi) is 9.77. The fourth-order valence-corrected chi connectivity index (χ4v) is 4.06. The molecule has 0 aliphatic carbocycles. The smallest absolute Gasteiger partial charge is 0.191 e. The molecule has 1 aromatic rings. The number of piperidine rings is 2. The van der Waals surface area contributed by atoms with E-state index in [4.69, 9.17) is 4.99 Å². The maximum absolute atomic E-state index is 4.89. The summed E-state index contributed by atoms with van der Waals surface area (Å²) in [6, 6.07) is 4.76. The Labute approximate surface area is 187 Å². The fourth-order valence-electron chi connectivity index (χ4n) is 4.06. The van der Waals surface area contributed by atoms with E-state index < -0.39 is 0 Å². The predicted molar refractivity (Wildman–Crippen MR) is 129 cm³/mol. The number of anilines is 1. The summed E-state index contributed by atoms with van der Waals surface area (Å²) in [5.41, 5.74) is 1.21. The number of aromatic nitrogens is 1. The van der Waals surface area contributed by atoms with Crippen molar-refractivity contribution in [2.24, 2.45) is 10.9 Å². The third-order valence-electron chi connectivity index (χ3n) is 5.63. The van der Waals surface area contributed by atoms with E-state index in [2.05, 4.69) is 58.4 Å². The van der Waals surface area contributed by atoms with Crippen molar-refractivity contribution in [3.05, 3.63) is 23.9 Å². The van der Waals surface area contributed by atoms with Crippen LogP contribution in [0.2, 0.25) is 0 Å². The van der Waals surface area contributed by atoms with Crippen LogP contribution in [0.15, 0.2) is 23.3 Å². The summed E-state index contributed by atoms with van der Waals surface area (Å²) in [6.45, 7) is 10.5. The standard InChI is InChI=1S/C21H36N6.HI/c1-4-22-21(24-15-18-6-5-11-26(3)16-18)25-19-9-12-27(13-10-19)20-8-7-17(2)14-23-20;/h7-8,14,18-19H,4-6,9-13,15-16H2,1-3H3,(H2,22,24,25);1H. The van der Waals surface area contributed by atoms with Crippen LogP contribution in [-0.2, 0) is 0 Å². The first-order valence-corrected chi connectivity index (χ1v) is 10.5. The van der Waals surface area contributed by atoms with Gasteiger partial charge in [-0.1, -0.05) is 6.07 Å². The van der Waals surface area contributed by atoms with Gasteiger partial charge in [0.15, 0.2) is 5.96 Å². The number of guanidine groups is 1. The molecule has 3 heterocycles. The first-order valence-electron chi connectivity index (χ1n) is 10.5. The summed E-state index contributed by atoms with van der Waals surface area (Å²) < 4.78 is 0. The van der Waals surface area contributed by atoms with Crippen molar-refractivity contribution in [1.82, 2.24) is 20.5 Å². The van der Waals surface area contributed by atoms with Gasteiger partial charge < -0.3 is 20.4 Å². The van der Waals surface area contributed by atoms with E-state index in [9.17, 15) is 0 Å². The minimum Gasteiger partial charge on any atom is -0.357 e. The number of aliphatic imine (C=N–C) groups is 1. The number of likely N-dealkylation sites (tertiary alicyclic amines) is 1. The van der Waals surface area contributed by atoms with Gasteiger partial charge in [0.25, 0.3) is 0 Å². The number of nitrogens with zero attached hydrogens (tertiary/aromatic N) is 4. The third-order valence-corrected chi connectivity index (χ3v) is 5.63. The second-order valence-corrected chi connectivity index (χ2v) is 8.09. The molecule has 0 amide bonds. The number of nitrogens with one attached hydrogen (secondary N) is 2. The highest BCUT2D eigenvalue weighted by molar-refractivity contribution is 14.0. The Morgan fingerprint density at radius 3 is 2.64 bits per heavy atom. The molecule has 28 heavy (non-hydrogen) atoms. The average molecular weight is 500 g/mol. The number of rotatable bonds is 5. The largest absolute Gasteiger partial charge is 0.357 e. The Balaban J connectivity index is 0.00000280. The zero-order valence-corrected chi connectivity index (χ0v) is 20.0. The summed E-state index contributed by atoms with van der Waals surface area (Å²) in [4.78, 5) is 14.3. The van der Waals surface area contributed by atoms with Gasteiger partial charge in [-0.2, -0.15) is 0 Å². The van der Waals surface area contributed by atoms with Gasteiger partial charge in [-0.15, -0.1) is 24.0 Å². The molecule has 158 valence electrons. The van der Waals surface area contributed by atoms with Gasteiger partial charge in [0.05, 0.1) is 0 Å². The van der Waals surface area contributed by atoms with Crippen LogP contribution in [0.5, 0.6) is 0 Å². The zero-order valence-electron chi connectivity index (χ0n) is 17.7. The second-order valence-electron chi connectivity index (χ2n) is 8.09. The van der Waals surface area contributed by atoms with Crippen LogP contribution in [0.25, 0.3) is 0 Å². The van der Waals surface area contributed by atoms with E-state index in [1.807, 2.05) is 6.20 Å². The van der Waals surface area contributed by atoms with Crippen LogP contribution in [0.3, 0.4) is 0 Å². The molecule has 6 nitrogen and oxygen atoms in total. The van der Waals surface area contributed by atoms with Crippen LogP contribution in [0, 0.1) is 12.8 Å². The molecule has 2 saturated heterocycles. The molecule has 2 aliphatic heterocycles. The number of hydrogen-bond donors (Lipinski definition) is 2. The molecule has 7 heteroatoms. The number of pyridine rings is 1. The topological polar surface area (TPSA) is 55.8 Å². The summed E-state index contributed by atoms with van der Waals surface area (Å²) in [5, 5.41) is 7.10. The second kappa shape index (κ2) is 11.8. The molecule has 2 fully saturated rings. The summed E-state index contributed by atoms with van der Waals surface area (Å²) >= 11 is 0. The predicted octanol–water partition coefficient (Wildman–Crippen LogP) is 2.87. The fraction of sp³-hybridized carbons (Fsp3) is 0.714. The minimum absolute atomic E-state index is 0. The van der Waals surface area contributed by atoms with Gasteiger partial charge in [-0.05, 0) is 70.7 Å². The van der Waals surface area contributed by atoms with Crippen molar-refractivity contribution in [2.75, 3.05) is 51.2 Å². The summed E-state index contributed by atoms with van der Waals surface area (Å²) in [5.74, 6) is 2.77. The first kappa shape index (κ1) is 23.2. The molecule has 0 saturated carbocycles. The van der Waals surface area contributed by atoms with E-state index in [-0.39, 0.29) is 24.0 Å². The van der Waals surface area contributed by atoms with Crippen molar-refractivity contribution in [2.45, 2.75) is 45.6 Å². The Morgan fingerprint density at radius 2 is 2.00 bits per heavy atom. The maximum Gasteiger partial charge on any atom is 0.191 e. The average Bonchev–Trinajstić information content (AvgIpc) is 2.68. The molecule has 0 spiro atoms. The molecule has 3 rings (SSSR count). The lowest BCUT2D eigenvalue weighted by Gasteiger charge is -2.34. The molecule has 1 unspecified atom stereocenters. The van der Waals surface area contributed by atoms with Crippen LogP contribution >= 0.6 is 24.0 Å². The Hall–Kier alpha value is -1.09. The molecular weight excluding hydrogens is 463 g/mol. The molecule has 0 radical (unpaired) electrons. The van der Waals surface area contributed by atoms with Gasteiger partial charge >= 0.3 is 0 Å². The highest BCUT2D eigenvalue weighted by Crippen LogP contribution is 2.18. The monoisotopic (exact) mass is 500 g/mol. The first-order chi connectivity index (χ1) is 13.1. The molecule has 1 aromatic heterocycles. The van der Waals surface area contributed by atoms with Gasteiger partial charge in [-0.3, -0.25) is 4.99 Å². The number of halogens is 1. The third kappa shape index (κ3) is 7.06. The van der Waals surface area contributed by atoms with Gasteiger partial charge in [-0.25, -0.2) is 4.98 Å². The van der Waals surface area contributed by atoms with E-state index in [1.54, 1.807) is 0 Å². The molecule has 2 N–H and O–H groups in total. The number of aryl methyl sites for hydroxylation is 1. The van der Waals surface area contributed by atoms with E-state index in [1.165, 1.54) is 31.5 Å². The van der Waals surface area contributed by atoms with Crippen LogP contribution in [0.1, 0.15) is 38.2 Å². The highest BCUT2D eigenvalue weighted by atomic mass is 127. The maximum atomic E-state index is 4.89. The normalized spacial score (nSPS) is 21.9. The molecule has 1 atom stereocenters. The Morgan fingerprint density at radius 1 is 1.21 bits per heavy atom. The van der Waals surface area contributed by atoms with Crippen molar-refractivity contribution in [3.8, 4) is 0 Å². The zero-order chi connectivity index (χ0) is 19.1. The highest BCUT2D eigenvalue weighted by Gasteiger charge is 2.21. The van der Waals surface area contributed by atoms with E-state index in [0.717, 1.165) is 50.8 Å². The Bertz CT molecular complexity index is 597. The van der Waals surface area contributed by atoms with Gasteiger partial charge in [0.1, 0.15) is 5.82 Å². The van der Waals surface area contributed by atoms with E-state index >= 15 is 0 Å². The minimum atomic E-state index is 0. The quantitative estimate of drug-likeness (QED) is 0.370. The van der Waals surface area contributed by atoms with Crippen molar-refractivity contribution in [3.63, 3.8) is 0 Å². The van der Waals surface area contributed by atoms with Gasteiger partial charge in [0, 0.05) is 45.0 Å². The molecule has 2 aliphatic rings. The van der Waals surface area contributed by atoms with Crippen LogP contribution < -0.4 is 15.5 Å². The number of hydrogen-bond acceptors (Lipinski definition) is 4. The van der Waals surface area contributed by atoms with Gasteiger partial charge in [0.2, 0.25) is 0 Å². The molecule has 0 bridgehead atoms. The molecular formula is C21H37IN6. The summed E-state index contributed by atoms with van der Waals surface area (Å²) in [6.07, 6.45) is 6.79. The SMILES string of the molecule is CCNC(=NCC1CCCN(C)C1)NC1CCN(c2ccc(C)cn2)CC1.I. The van der Waals surface area contributed by atoms with Crippen LogP contribution in [0.4, 0.5) is 5.82 Å². The van der Waals surface area contributed by atoms with Crippen LogP contribution in [-0.4, -0.2) is 68.2 Å². The lowest BCUT2D eigenvalue weighted by Crippen LogP contribution is -2.49.